The predicted octanol–water partition coefficient (Wildman–Crippen LogP) is 1.52. The van der Waals surface area contributed by atoms with Crippen LogP contribution in [0.15, 0.2) is 24.4 Å². The number of pyridine rings is 1. The van der Waals surface area contributed by atoms with Gasteiger partial charge in [-0.05, 0) is 12.1 Å². The molecule has 110 valence electrons. The summed E-state index contributed by atoms with van der Waals surface area (Å²) in [6.45, 7) is -1.78. The fraction of sp³-hybridized carbons (Fsp3) is 0.250. The molecule has 0 aromatic carbocycles. The van der Waals surface area contributed by atoms with Gasteiger partial charge in [0.05, 0.1) is 12.7 Å². The molecule has 0 atom stereocenters. The Labute approximate surface area is 117 Å². The molecule has 0 radical (unpaired) electrons. The Morgan fingerprint density at radius 1 is 1.48 bits per heavy atom. The van der Waals surface area contributed by atoms with Crippen molar-refractivity contribution in [2.45, 2.75) is 13.2 Å². The quantitative estimate of drug-likeness (QED) is 0.925. The predicted molar refractivity (Wildman–Crippen MR) is 66.5 cm³/mol. The molecular formula is C12H10F2N4O3. The van der Waals surface area contributed by atoms with Gasteiger partial charge in [-0.3, -0.25) is 4.79 Å². The summed E-state index contributed by atoms with van der Waals surface area (Å²) in [5.74, 6) is 0.192. The highest BCUT2D eigenvalue weighted by Crippen LogP contribution is 2.19. The molecule has 21 heavy (non-hydrogen) atoms. The highest BCUT2D eigenvalue weighted by Gasteiger charge is 2.19. The number of halogens is 2. The highest BCUT2D eigenvalue weighted by atomic mass is 19.3. The molecule has 0 unspecified atom stereocenters. The number of carbonyl (C=O) groups is 1. The molecule has 0 saturated heterocycles. The summed E-state index contributed by atoms with van der Waals surface area (Å²) in [5.41, 5.74) is 0.194. The lowest BCUT2D eigenvalue weighted by atomic mass is 10.4. The van der Waals surface area contributed by atoms with Crippen molar-refractivity contribution in [3.63, 3.8) is 0 Å². The maximum Gasteiger partial charge on any atom is 0.387 e. The molecule has 0 bridgehead atoms. The van der Waals surface area contributed by atoms with Crippen molar-refractivity contribution in [2.75, 3.05) is 11.9 Å². The number of amides is 1. The topological polar surface area (TPSA) is 78.3 Å². The number of aromatic nitrogens is 3. The van der Waals surface area contributed by atoms with Gasteiger partial charge in [0, 0.05) is 6.07 Å². The molecule has 0 aliphatic carbocycles. The lowest BCUT2D eigenvalue weighted by Gasteiger charge is -2.05. The van der Waals surface area contributed by atoms with Crippen molar-refractivity contribution in [1.82, 2.24) is 14.8 Å². The number of ether oxygens (including phenoxy) is 2. The number of hydrogen-bond donors (Lipinski definition) is 1. The van der Waals surface area contributed by atoms with Crippen LogP contribution in [0.5, 0.6) is 11.6 Å². The van der Waals surface area contributed by atoms with Crippen LogP contribution in [0.25, 0.3) is 0 Å². The normalized spacial score (nSPS) is 12.9. The van der Waals surface area contributed by atoms with E-state index in [2.05, 4.69) is 20.1 Å². The van der Waals surface area contributed by atoms with Crippen LogP contribution >= 0.6 is 0 Å². The molecule has 1 aliphatic heterocycles. The first-order valence-electron chi connectivity index (χ1n) is 6.05. The smallest absolute Gasteiger partial charge is 0.387 e. The summed E-state index contributed by atoms with van der Waals surface area (Å²) in [5, 5.41) is 6.57. The van der Waals surface area contributed by atoms with Gasteiger partial charge in [-0.25, -0.2) is 9.67 Å². The summed E-state index contributed by atoms with van der Waals surface area (Å²) >= 11 is 0. The minimum atomic E-state index is -2.92. The zero-order chi connectivity index (χ0) is 14.8. The zero-order valence-electron chi connectivity index (χ0n) is 10.6. The van der Waals surface area contributed by atoms with Gasteiger partial charge in [0.25, 0.3) is 5.91 Å². The summed E-state index contributed by atoms with van der Waals surface area (Å²) < 4.78 is 35.0. The third-order valence-corrected chi connectivity index (χ3v) is 2.73. The van der Waals surface area contributed by atoms with Crippen molar-refractivity contribution in [2.24, 2.45) is 0 Å². The average Bonchev–Trinajstić information content (AvgIpc) is 3.01. The molecule has 3 rings (SSSR count). The largest absolute Gasteiger partial charge is 0.476 e. The van der Waals surface area contributed by atoms with Crippen LogP contribution in [0.3, 0.4) is 0 Å². The van der Waals surface area contributed by atoms with Gasteiger partial charge in [0.1, 0.15) is 18.2 Å². The van der Waals surface area contributed by atoms with Crippen LogP contribution in [0.4, 0.5) is 14.6 Å². The van der Waals surface area contributed by atoms with Gasteiger partial charge in [0.2, 0.25) is 5.88 Å². The Balaban J connectivity index is 1.66. The maximum atomic E-state index is 12.0. The standard InChI is InChI=1S/C12H10F2N4O3/c13-12(14)21-7-1-2-9(15-6-7)16-11(19)8-5-10-18(17-8)3-4-20-10/h1-2,5-6,12H,3-4H2,(H,15,16,19). The number of hydrogen-bond acceptors (Lipinski definition) is 5. The third-order valence-electron chi connectivity index (χ3n) is 2.73. The average molecular weight is 296 g/mol. The van der Waals surface area contributed by atoms with Crippen LogP contribution < -0.4 is 14.8 Å². The molecule has 1 N–H and O–H groups in total. The van der Waals surface area contributed by atoms with Gasteiger partial charge < -0.3 is 14.8 Å². The van der Waals surface area contributed by atoms with Crippen molar-refractivity contribution in [1.29, 1.82) is 0 Å². The first-order chi connectivity index (χ1) is 10.1. The fourth-order valence-electron chi connectivity index (χ4n) is 1.83. The van der Waals surface area contributed by atoms with Gasteiger partial charge in [-0.1, -0.05) is 0 Å². The molecule has 1 amide bonds. The number of alkyl halides is 2. The Hall–Kier alpha value is -2.71. The summed E-state index contributed by atoms with van der Waals surface area (Å²) in [6, 6.07) is 4.16. The minimum absolute atomic E-state index is 0.0858. The van der Waals surface area contributed by atoms with E-state index in [9.17, 15) is 13.6 Å². The van der Waals surface area contributed by atoms with E-state index in [1.807, 2.05) is 0 Å². The second-order valence-corrected chi connectivity index (χ2v) is 4.15. The maximum absolute atomic E-state index is 12.0. The zero-order valence-corrected chi connectivity index (χ0v) is 10.6. The number of carbonyl (C=O) groups excluding carboxylic acids is 1. The van der Waals surface area contributed by atoms with Crippen molar-refractivity contribution in [3.05, 3.63) is 30.1 Å². The van der Waals surface area contributed by atoms with Crippen LogP contribution in [-0.2, 0) is 6.54 Å². The number of rotatable bonds is 4. The summed E-state index contributed by atoms with van der Waals surface area (Å²) in [4.78, 5) is 15.8. The Bertz CT molecular complexity index is 636. The van der Waals surface area contributed by atoms with E-state index in [1.165, 1.54) is 18.2 Å². The molecule has 9 heteroatoms. The van der Waals surface area contributed by atoms with Crippen LogP contribution in [0.1, 0.15) is 10.5 Å². The van der Waals surface area contributed by atoms with Gasteiger partial charge in [-0.15, -0.1) is 0 Å². The first-order valence-corrected chi connectivity index (χ1v) is 6.05. The van der Waals surface area contributed by atoms with E-state index < -0.39 is 12.5 Å². The molecule has 7 nitrogen and oxygen atoms in total. The second kappa shape index (κ2) is 5.35. The molecule has 2 aromatic heterocycles. The number of nitrogens with zero attached hydrogens (tertiary/aromatic N) is 3. The monoisotopic (exact) mass is 296 g/mol. The summed E-state index contributed by atoms with van der Waals surface area (Å²) in [6.07, 6.45) is 1.10. The third kappa shape index (κ3) is 2.91. The molecule has 1 aliphatic rings. The lowest BCUT2D eigenvalue weighted by molar-refractivity contribution is -0.0500. The van der Waals surface area contributed by atoms with E-state index in [1.54, 1.807) is 4.68 Å². The Morgan fingerprint density at radius 2 is 2.33 bits per heavy atom. The summed E-state index contributed by atoms with van der Waals surface area (Å²) in [7, 11) is 0. The van der Waals surface area contributed by atoms with E-state index in [0.29, 0.717) is 19.0 Å². The molecule has 0 fully saturated rings. The van der Waals surface area contributed by atoms with E-state index >= 15 is 0 Å². The molecule has 0 spiro atoms. The van der Waals surface area contributed by atoms with Gasteiger partial charge in [-0.2, -0.15) is 13.9 Å². The van der Waals surface area contributed by atoms with Crippen molar-refractivity contribution in [3.8, 4) is 11.6 Å². The molecule has 3 heterocycles. The van der Waals surface area contributed by atoms with Crippen molar-refractivity contribution < 1.29 is 23.0 Å². The number of nitrogens with one attached hydrogen (secondary N) is 1. The highest BCUT2D eigenvalue weighted by molar-refractivity contribution is 6.02. The number of fused-ring (bicyclic) bond motifs is 1. The fourth-order valence-corrected chi connectivity index (χ4v) is 1.83. The van der Waals surface area contributed by atoms with Gasteiger partial charge in [0.15, 0.2) is 5.69 Å². The van der Waals surface area contributed by atoms with E-state index in [-0.39, 0.29) is 17.3 Å². The molecule has 2 aromatic rings. The molecule has 0 saturated carbocycles. The second-order valence-electron chi connectivity index (χ2n) is 4.15. The Kier molecular flexibility index (Phi) is 3.38. The van der Waals surface area contributed by atoms with Crippen LogP contribution in [0, 0.1) is 0 Å². The minimum Gasteiger partial charge on any atom is -0.476 e. The number of anilines is 1. The lowest BCUT2D eigenvalue weighted by Crippen LogP contribution is -2.14. The Morgan fingerprint density at radius 3 is 3.00 bits per heavy atom. The SMILES string of the molecule is O=C(Nc1ccc(OC(F)F)cn1)c1cc2n(n1)CCO2. The van der Waals surface area contributed by atoms with Crippen LogP contribution in [-0.4, -0.2) is 33.9 Å². The van der Waals surface area contributed by atoms with Crippen LogP contribution in [0.2, 0.25) is 0 Å². The van der Waals surface area contributed by atoms with Gasteiger partial charge >= 0.3 is 6.61 Å². The first kappa shape index (κ1) is 13.3. The van der Waals surface area contributed by atoms with Crippen molar-refractivity contribution >= 4 is 11.7 Å². The molecular weight excluding hydrogens is 286 g/mol. The van der Waals surface area contributed by atoms with E-state index in [4.69, 9.17) is 4.74 Å². The van der Waals surface area contributed by atoms with E-state index in [0.717, 1.165) is 6.20 Å².